The van der Waals surface area contributed by atoms with E-state index < -0.39 is 52.6 Å². The number of nitrogens with one attached hydrogen (secondary N) is 3. The van der Waals surface area contributed by atoms with Crippen LogP contribution in [0.3, 0.4) is 0 Å². The Hall–Kier alpha value is -3.38. The Kier molecular flexibility index (Phi) is 12.3. The molecular weight excluding hydrogens is 697 g/mol. The standard InChI is InChI=1S/C37H51Cl2N5O7/c1-6-10-25(31(46)34(48)40-23-13-14-23)41-33(47)27-19-37(18-26(43-51-37)24-16-22(38)17-28(50-5)30(24)39)20-44(27)35(49)32(36(2,3)4)42-29(45)15-21-11-8-7-9-12-21/h16-17,21,23,25,27,32H,6-15,18-20H2,1-5H3,(H,40,48)(H,41,47)(H,42,45)/t25-,27-,32+,37+/m0/s1. The number of likely N-dealkylation sites (tertiary alicyclic amines) is 1. The van der Waals surface area contributed by atoms with E-state index in [-0.39, 0.29) is 43.7 Å². The van der Waals surface area contributed by atoms with E-state index in [1.54, 1.807) is 12.1 Å². The van der Waals surface area contributed by atoms with Crippen LogP contribution in [0.4, 0.5) is 0 Å². The zero-order valence-electron chi connectivity index (χ0n) is 30.2. The van der Waals surface area contributed by atoms with Crippen LogP contribution in [-0.4, -0.2) is 83.4 Å². The summed E-state index contributed by atoms with van der Waals surface area (Å²) in [4.78, 5) is 75.7. The second-order valence-electron chi connectivity index (χ2n) is 15.7. The van der Waals surface area contributed by atoms with Gasteiger partial charge < -0.3 is 30.4 Å². The van der Waals surface area contributed by atoms with Crippen molar-refractivity contribution < 1.29 is 33.5 Å². The average Bonchev–Trinajstić information content (AvgIpc) is 3.68. The number of carbonyl (C=O) groups excluding carboxylic acids is 5. The van der Waals surface area contributed by atoms with Crippen molar-refractivity contribution in [2.45, 2.75) is 135 Å². The van der Waals surface area contributed by atoms with Gasteiger partial charge in [0.15, 0.2) is 5.60 Å². The molecule has 2 aliphatic heterocycles. The molecular formula is C37H51Cl2N5O7. The highest BCUT2D eigenvalue weighted by atomic mass is 35.5. The summed E-state index contributed by atoms with van der Waals surface area (Å²) in [6.07, 6.45) is 8.30. The zero-order valence-corrected chi connectivity index (χ0v) is 31.8. The predicted molar refractivity (Wildman–Crippen MR) is 194 cm³/mol. The first-order valence-electron chi connectivity index (χ1n) is 18.2. The Morgan fingerprint density at radius 3 is 2.39 bits per heavy atom. The maximum atomic E-state index is 14.6. The molecule has 280 valence electrons. The lowest BCUT2D eigenvalue weighted by atomic mass is 9.84. The number of ether oxygens (including phenoxy) is 1. The van der Waals surface area contributed by atoms with Gasteiger partial charge in [0, 0.05) is 42.0 Å². The van der Waals surface area contributed by atoms with Crippen molar-refractivity contribution in [3.63, 3.8) is 0 Å². The number of oxime groups is 1. The van der Waals surface area contributed by atoms with E-state index >= 15 is 0 Å². The van der Waals surface area contributed by atoms with Crippen molar-refractivity contribution in [3.05, 3.63) is 27.7 Å². The second kappa shape index (κ2) is 16.1. The van der Waals surface area contributed by atoms with E-state index in [0.29, 0.717) is 39.9 Å². The van der Waals surface area contributed by atoms with Gasteiger partial charge in [-0.05, 0) is 49.5 Å². The molecule has 2 saturated carbocycles. The van der Waals surface area contributed by atoms with Gasteiger partial charge in [-0.1, -0.05) is 81.7 Å². The van der Waals surface area contributed by atoms with Crippen molar-refractivity contribution in [2.75, 3.05) is 13.7 Å². The monoisotopic (exact) mass is 747 g/mol. The molecule has 0 unspecified atom stereocenters. The second-order valence-corrected chi connectivity index (χ2v) is 16.5. The molecule has 12 nitrogen and oxygen atoms in total. The Balaban J connectivity index is 1.41. The van der Waals surface area contributed by atoms with Gasteiger partial charge in [0.25, 0.3) is 5.91 Å². The van der Waals surface area contributed by atoms with E-state index in [4.69, 9.17) is 32.8 Å². The Morgan fingerprint density at radius 1 is 1.06 bits per heavy atom. The van der Waals surface area contributed by atoms with Crippen LogP contribution in [0.25, 0.3) is 0 Å². The van der Waals surface area contributed by atoms with Crippen molar-refractivity contribution in [1.82, 2.24) is 20.9 Å². The van der Waals surface area contributed by atoms with E-state index in [0.717, 1.165) is 38.5 Å². The minimum atomic E-state index is -1.12. The summed E-state index contributed by atoms with van der Waals surface area (Å²) >= 11 is 13.0. The minimum absolute atomic E-state index is 0.0217. The van der Waals surface area contributed by atoms with E-state index in [1.165, 1.54) is 18.4 Å². The van der Waals surface area contributed by atoms with Gasteiger partial charge in [-0.25, -0.2) is 0 Å². The summed E-state index contributed by atoms with van der Waals surface area (Å²) < 4.78 is 5.39. The maximum Gasteiger partial charge on any atom is 0.289 e. The molecule has 2 heterocycles. The fraction of sp³-hybridized carbons (Fsp3) is 0.676. The molecule has 0 aromatic heterocycles. The molecule has 4 aliphatic rings. The normalized spacial score (nSPS) is 23.2. The Bertz CT molecular complexity index is 1550. The molecule has 4 atom stereocenters. The maximum absolute atomic E-state index is 14.6. The highest BCUT2D eigenvalue weighted by Crippen LogP contribution is 2.42. The van der Waals surface area contributed by atoms with Crippen LogP contribution in [0.1, 0.15) is 110 Å². The van der Waals surface area contributed by atoms with Crippen LogP contribution >= 0.6 is 23.2 Å². The lowest BCUT2D eigenvalue weighted by molar-refractivity contribution is -0.145. The molecule has 4 amide bonds. The number of amides is 4. The molecule has 1 saturated heterocycles. The third kappa shape index (κ3) is 9.35. The number of rotatable bonds is 13. The van der Waals surface area contributed by atoms with Crippen LogP contribution < -0.4 is 20.7 Å². The van der Waals surface area contributed by atoms with Crippen molar-refractivity contribution in [1.29, 1.82) is 0 Å². The molecule has 3 fully saturated rings. The minimum Gasteiger partial charge on any atom is -0.495 e. The molecule has 14 heteroatoms. The van der Waals surface area contributed by atoms with E-state index in [1.807, 2.05) is 27.7 Å². The highest BCUT2D eigenvalue weighted by molar-refractivity contribution is 6.39. The van der Waals surface area contributed by atoms with Crippen molar-refractivity contribution in [2.24, 2.45) is 16.5 Å². The summed E-state index contributed by atoms with van der Waals surface area (Å²) in [5, 5.41) is 13.5. The first-order chi connectivity index (χ1) is 24.1. The third-order valence-corrected chi connectivity index (χ3v) is 10.9. The van der Waals surface area contributed by atoms with Crippen LogP contribution in [0.5, 0.6) is 5.75 Å². The van der Waals surface area contributed by atoms with E-state index in [2.05, 4.69) is 21.1 Å². The first kappa shape index (κ1) is 38.8. The van der Waals surface area contributed by atoms with Gasteiger partial charge in [0.1, 0.15) is 17.8 Å². The summed E-state index contributed by atoms with van der Waals surface area (Å²) in [5.74, 6) is -2.06. The number of methoxy groups -OCH3 is 1. The Morgan fingerprint density at radius 2 is 1.76 bits per heavy atom. The molecule has 3 N–H and O–H groups in total. The number of Topliss-reactive ketones (excluding diaryl/α,β-unsaturated/α-hetero) is 1. The van der Waals surface area contributed by atoms with Gasteiger partial charge >= 0.3 is 0 Å². The van der Waals surface area contributed by atoms with Gasteiger partial charge in [0.05, 0.1) is 30.4 Å². The molecule has 1 aromatic rings. The number of ketones is 1. The quantitative estimate of drug-likeness (QED) is 0.237. The van der Waals surface area contributed by atoms with Crippen LogP contribution in [0, 0.1) is 11.3 Å². The van der Waals surface area contributed by atoms with Crippen LogP contribution in [0.15, 0.2) is 17.3 Å². The lowest BCUT2D eigenvalue weighted by Gasteiger charge is -2.36. The van der Waals surface area contributed by atoms with Gasteiger partial charge in [-0.15, -0.1) is 0 Å². The fourth-order valence-corrected chi connectivity index (χ4v) is 7.86. The summed E-state index contributed by atoms with van der Waals surface area (Å²) in [5.41, 5.74) is -0.853. The van der Waals surface area contributed by atoms with Gasteiger partial charge in [0.2, 0.25) is 23.5 Å². The summed E-state index contributed by atoms with van der Waals surface area (Å²) in [6.45, 7) is 7.44. The summed E-state index contributed by atoms with van der Waals surface area (Å²) in [6, 6.07) is 0.106. The topological polar surface area (TPSA) is 156 Å². The number of hydrogen-bond donors (Lipinski definition) is 3. The lowest BCUT2D eigenvalue weighted by Crippen LogP contribution is -2.59. The highest BCUT2D eigenvalue weighted by Gasteiger charge is 2.56. The summed E-state index contributed by atoms with van der Waals surface area (Å²) in [7, 11) is 1.48. The molecule has 2 aliphatic carbocycles. The SMILES string of the molecule is CCC[C@H](NC(=O)[C@@H]1C[C@]2(CC(c3cc(Cl)cc(OC)c3Cl)=NO2)CN1C(=O)[C@@H](NC(=O)CC1CCCCC1)C(C)(C)C)C(=O)C(=O)NC1CC1. The molecule has 1 spiro atoms. The van der Waals surface area contributed by atoms with Crippen molar-refractivity contribution >= 4 is 58.3 Å². The van der Waals surface area contributed by atoms with Gasteiger partial charge in [-0.2, -0.15) is 0 Å². The Labute approximate surface area is 310 Å². The molecule has 51 heavy (non-hydrogen) atoms. The number of carbonyl (C=O) groups is 5. The third-order valence-electron chi connectivity index (χ3n) is 10.3. The zero-order chi connectivity index (χ0) is 37.1. The molecule has 5 rings (SSSR count). The molecule has 1 aromatic carbocycles. The number of halogens is 2. The predicted octanol–water partition coefficient (Wildman–Crippen LogP) is 5.10. The van der Waals surface area contributed by atoms with E-state index in [9.17, 15) is 24.0 Å². The molecule has 0 radical (unpaired) electrons. The number of benzene rings is 1. The number of nitrogens with zero attached hydrogens (tertiary/aromatic N) is 2. The fourth-order valence-electron chi connectivity index (χ4n) is 7.35. The first-order valence-corrected chi connectivity index (χ1v) is 18.9. The molecule has 0 bridgehead atoms. The van der Waals surface area contributed by atoms with Crippen LogP contribution in [0.2, 0.25) is 10.0 Å². The number of hydrogen-bond acceptors (Lipinski definition) is 8. The van der Waals surface area contributed by atoms with Crippen LogP contribution in [-0.2, 0) is 28.8 Å². The largest absolute Gasteiger partial charge is 0.495 e. The van der Waals surface area contributed by atoms with Gasteiger partial charge in [-0.3, -0.25) is 24.0 Å². The smallest absolute Gasteiger partial charge is 0.289 e. The average molecular weight is 749 g/mol. The van der Waals surface area contributed by atoms with Crippen molar-refractivity contribution in [3.8, 4) is 5.75 Å².